The van der Waals surface area contributed by atoms with Gasteiger partial charge < -0.3 is 10.4 Å². The maximum Gasteiger partial charge on any atom is 0.305 e. The van der Waals surface area contributed by atoms with E-state index in [2.05, 4.69) is 11.4 Å². The van der Waals surface area contributed by atoms with Crippen LogP contribution in [0.15, 0.2) is 53.4 Å². The van der Waals surface area contributed by atoms with Crippen LogP contribution in [0.25, 0.3) is 0 Å². The highest BCUT2D eigenvalue weighted by Gasteiger charge is 2.18. The second-order valence-electron chi connectivity index (χ2n) is 5.69. The van der Waals surface area contributed by atoms with Crippen molar-refractivity contribution in [3.05, 3.63) is 65.2 Å². The number of carbonyl (C=O) groups is 2. The number of thioether (sulfide) groups is 1. The Morgan fingerprint density at radius 3 is 2.46 bits per heavy atom. The molecule has 2 aromatic rings. The van der Waals surface area contributed by atoms with Gasteiger partial charge in [0.1, 0.15) is 0 Å². The highest BCUT2D eigenvalue weighted by molar-refractivity contribution is 8.00. The van der Waals surface area contributed by atoms with Gasteiger partial charge >= 0.3 is 5.97 Å². The summed E-state index contributed by atoms with van der Waals surface area (Å²) in [7, 11) is 0. The van der Waals surface area contributed by atoms with E-state index in [0.717, 1.165) is 16.0 Å². The van der Waals surface area contributed by atoms with Gasteiger partial charge in [-0.1, -0.05) is 48.0 Å². The average Bonchev–Trinajstić information content (AvgIpc) is 2.54. The minimum absolute atomic E-state index is 0.135. The van der Waals surface area contributed by atoms with Crippen LogP contribution in [0.5, 0.6) is 0 Å². The lowest BCUT2D eigenvalue weighted by atomic mass is 10.0. The zero-order chi connectivity index (χ0) is 17.5. The Labute approximate surface area is 146 Å². The smallest absolute Gasteiger partial charge is 0.305 e. The SMILES string of the molecule is Cc1ccc(SCC(=O)NC(CC(=O)O)c2ccccc2)c(C)c1. The van der Waals surface area contributed by atoms with E-state index >= 15 is 0 Å². The molecule has 4 nitrogen and oxygen atoms in total. The molecule has 2 aromatic carbocycles. The van der Waals surface area contributed by atoms with Crippen LogP contribution in [0.2, 0.25) is 0 Å². The summed E-state index contributed by atoms with van der Waals surface area (Å²) in [6, 6.07) is 14.8. The number of rotatable bonds is 7. The standard InChI is InChI=1S/C19H21NO3S/c1-13-8-9-17(14(2)10-13)24-12-18(21)20-16(11-19(22)23)15-6-4-3-5-7-15/h3-10,16H,11-12H2,1-2H3,(H,20,21)(H,22,23). The predicted molar refractivity (Wildman–Crippen MR) is 96.2 cm³/mol. The fraction of sp³-hybridized carbons (Fsp3) is 0.263. The van der Waals surface area contributed by atoms with Gasteiger partial charge in [-0.25, -0.2) is 0 Å². The quantitative estimate of drug-likeness (QED) is 0.752. The number of benzene rings is 2. The van der Waals surface area contributed by atoms with Crippen LogP contribution >= 0.6 is 11.8 Å². The number of aliphatic carboxylic acids is 1. The molecule has 0 radical (unpaired) electrons. The van der Waals surface area contributed by atoms with Crippen LogP contribution in [0.4, 0.5) is 0 Å². The van der Waals surface area contributed by atoms with Gasteiger partial charge in [0, 0.05) is 4.90 Å². The number of nitrogens with one attached hydrogen (secondary N) is 1. The van der Waals surface area contributed by atoms with Crippen molar-refractivity contribution in [1.82, 2.24) is 5.32 Å². The molecule has 0 spiro atoms. The molecule has 0 aliphatic rings. The minimum atomic E-state index is -0.939. The molecule has 1 unspecified atom stereocenters. The number of hydrogen-bond acceptors (Lipinski definition) is 3. The summed E-state index contributed by atoms with van der Waals surface area (Å²) < 4.78 is 0. The molecule has 5 heteroatoms. The summed E-state index contributed by atoms with van der Waals surface area (Å²) in [5.41, 5.74) is 3.12. The average molecular weight is 343 g/mol. The molecule has 2 rings (SSSR count). The van der Waals surface area contributed by atoms with Gasteiger partial charge in [-0.15, -0.1) is 11.8 Å². The van der Waals surface area contributed by atoms with Gasteiger partial charge in [0.25, 0.3) is 0 Å². The van der Waals surface area contributed by atoms with Crippen molar-refractivity contribution < 1.29 is 14.7 Å². The fourth-order valence-corrected chi connectivity index (χ4v) is 3.27. The number of aryl methyl sites for hydroxylation is 2. The summed E-state index contributed by atoms with van der Waals surface area (Å²) >= 11 is 1.46. The fourth-order valence-electron chi connectivity index (χ4n) is 2.45. The Bertz CT molecular complexity index is 716. The van der Waals surface area contributed by atoms with Crippen LogP contribution in [0, 0.1) is 13.8 Å². The molecule has 0 fully saturated rings. The van der Waals surface area contributed by atoms with Gasteiger partial charge in [0.2, 0.25) is 5.91 Å². The lowest BCUT2D eigenvalue weighted by molar-refractivity contribution is -0.137. The first-order chi connectivity index (χ1) is 11.5. The number of carbonyl (C=O) groups excluding carboxylic acids is 1. The van der Waals surface area contributed by atoms with Gasteiger partial charge in [0.05, 0.1) is 18.2 Å². The van der Waals surface area contributed by atoms with Crippen molar-refractivity contribution in [3.8, 4) is 0 Å². The minimum Gasteiger partial charge on any atom is -0.481 e. The normalized spacial score (nSPS) is 11.8. The van der Waals surface area contributed by atoms with Gasteiger partial charge in [0.15, 0.2) is 0 Å². The molecule has 0 saturated carbocycles. The summed E-state index contributed by atoms with van der Waals surface area (Å²) in [6.45, 7) is 4.05. The topological polar surface area (TPSA) is 66.4 Å². The molecular formula is C19H21NO3S. The number of carboxylic acid groups (broad SMARTS) is 1. The van der Waals surface area contributed by atoms with Crippen molar-refractivity contribution in [1.29, 1.82) is 0 Å². The van der Waals surface area contributed by atoms with Crippen LogP contribution < -0.4 is 5.32 Å². The van der Waals surface area contributed by atoms with Crippen LogP contribution in [0.3, 0.4) is 0 Å². The first-order valence-electron chi connectivity index (χ1n) is 7.72. The summed E-state index contributed by atoms with van der Waals surface area (Å²) in [6.07, 6.45) is -0.135. The Hall–Kier alpha value is -2.27. The number of hydrogen-bond donors (Lipinski definition) is 2. The summed E-state index contributed by atoms with van der Waals surface area (Å²) in [5, 5.41) is 11.9. The molecule has 24 heavy (non-hydrogen) atoms. The van der Waals surface area contributed by atoms with Crippen LogP contribution in [-0.2, 0) is 9.59 Å². The van der Waals surface area contributed by atoms with Crippen molar-refractivity contribution in [2.24, 2.45) is 0 Å². The molecule has 0 bridgehead atoms. The van der Waals surface area contributed by atoms with Gasteiger partial charge in [-0.05, 0) is 31.0 Å². The number of carboxylic acids is 1. The third-order valence-electron chi connectivity index (χ3n) is 3.61. The zero-order valence-electron chi connectivity index (χ0n) is 13.8. The third kappa shape index (κ3) is 5.42. The van der Waals surface area contributed by atoms with Crippen LogP contribution in [-0.4, -0.2) is 22.7 Å². The molecule has 1 amide bonds. The van der Waals surface area contributed by atoms with E-state index < -0.39 is 12.0 Å². The first kappa shape index (κ1) is 18.1. The van der Waals surface area contributed by atoms with Crippen LogP contribution in [0.1, 0.15) is 29.2 Å². The maximum atomic E-state index is 12.2. The van der Waals surface area contributed by atoms with E-state index in [-0.39, 0.29) is 18.1 Å². The zero-order valence-corrected chi connectivity index (χ0v) is 14.6. The lowest BCUT2D eigenvalue weighted by Gasteiger charge is -2.17. The molecule has 0 aliphatic carbocycles. The van der Waals surface area contributed by atoms with Gasteiger partial charge in [-0.2, -0.15) is 0 Å². The first-order valence-corrected chi connectivity index (χ1v) is 8.70. The van der Waals surface area contributed by atoms with E-state index in [0.29, 0.717) is 0 Å². The second-order valence-corrected chi connectivity index (χ2v) is 6.70. The Balaban J connectivity index is 1.98. The lowest BCUT2D eigenvalue weighted by Crippen LogP contribution is -2.31. The Morgan fingerprint density at radius 2 is 1.83 bits per heavy atom. The van der Waals surface area contributed by atoms with Crippen molar-refractivity contribution in [3.63, 3.8) is 0 Å². The van der Waals surface area contributed by atoms with Gasteiger partial charge in [-0.3, -0.25) is 9.59 Å². The number of amides is 1. The summed E-state index contributed by atoms with van der Waals surface area (Å²) in [5.74, 6) is -0.853. The summed E-state index contributed by atoms with van der Waals surface area (Å²) in [4.78, 5) is 24.4. The monoisotopic (exact) mass is 343 g/mol. The largest absolute Gasteiger partial charge is 0.481 e. The maximum absolute atomic E-state index is 12.2. The molecule has 0 heterocycles. The van der Waals surface area contributed by atoms with Crippen molar-refractivity contribution in [2.75, 3.05) is 5.75 Å². The Kier molecular flexibility index (Phi) is 6.44. The Morgan fingerprint density at radius 1 is 1.12 bits per heavy atom. The third-order valence-corrected chi connectivity index (χ3v) is 4.78. The predicted octanol–water partition coefficient (Wildman–Crippen LogP) is 3.73. The second kappa shape index (κ2) is 8.55. The van der Waals surface area contributed by atoms with E-state index in [1.165, 1.54) is 17.3 Å². The van der Waals surface area contributed by atoms with E-state index in [4.69, 9.17) is 5.11 Å². The van der Waals surface area contributed by atoms with E-state index in [9.17, 15) is 9.59 Å². The highest BCUT2D eigenvalue weighted by atomic mass is 32.2. The molecule has 0 aliphatic heterocycles. The van der Waals surface area contributed by atoms with Crippen molar-refractivity contribution in [2.45, 2.75) is 31.2 Å². The molecule has 2 N–H and O–H groups in total. The van der Waals surface area contributed by atoms with E-state index in [1.807, 2.05) is 56.3 Å². The molecule has 0 saturated heterocycles. The molecule has 1 atom stereocenters. The van der Waals surface area contributed by atoms with Crippen molar-refractivity contribution >= 4 is 23.6 Å². The molecular weight excluding hydrogens is 322 g/mol. The van der Waals surface area contributed by atoms with E-state index in [1.54, 1.807) is 0 Å². The molecule has 0 aromatic heterocycles. The highest BCUT2D eigenvalue weighted by Crippen LogP contribution is 2.23. The molecule has 126 valence electrons.